The molecule has 0 aliphatic heterocycles. The van der Waals surface area contributed by atoms with Gasteiger partial charge in [0.2, 0.25) is 5.89 Å². The fourth-order valence-electron chi connectivity index (χ4n) is 1.94. The molecular formula is C15H10ClN3O4S. The molecule has 0 radical (unpaired) electrons. The Morgan fingerprint density at radius 2 is 2.04 bits per heavy atom. The zero-order valence-corrected chi connectivity index (χ0v) is 13.6. The predicted octanol–water partition coefficient (Wildman–Crippen LogP) is 3.89. The van der Waals surface area contributed by atoms with Crippen molar-refractivity contribution < 1.29 is 14.1 Å². The van der Waals surface area contributed by atoms with Crippen LogP contribution in [0.25, 0.3) is 11.5 Å². The molecule has 0 saturated heterocycles. The summed E-state index contributed by atoms with van der Waals surface area (Å²) in [4.78, 5) is 26.9. The zero-order chi connectivity index (χ0) is 17.1. The van der Waals surface area contributed by atoms with Crippen molar-refractivity contribution in [1.29, 1.82) is 0 Å². The summed E-state index contributed by atoms with van der Waals surface area (Å²) in [5.41, 5.74) is 1.15. The van der Waals surface area contributed by atoms with Crippen LogP contribution in [0, 0.1) is 10.1 Å². The highest BCUT2D eigenvalue weighted by Gasteiger charge is 2.12. The first kappa shape index (κ1) is 16.2. The van der Waals surface area contributed by atoms with Gasteiger partial charge in [0.15, 0.2) is 0 Å². The molecule has 2 heterocycles. The van der Waals surface area contributed by atoms with Crippen LogP contribution >= 0.6 is 22.9 Å². The van der Waals surface area contributed by atoms with E-state index in [0.717, 1.165) is 0 Å². The van der Waals surface area contributed by atoms with Crippen molar-refractivity contribution in [2.45, 2.75) is 6.54 Å². The van der Waals surface area contributed by atoms with Crippen LogP contribution in [0.3, 0.4) is 0 Å². The number of aromatic nitrogens is 1. The number of non-ortho nitro benzene ring substituents is 1. The highest BCUT2D eigenvalue weighted by atomic mass is 35.5. The summed E-state index contributed by atoms with van der Waals surface area (Å²) >= 11 is 6.98. The van der Waals surface area contributed by atoms with Gasteiger partial charge in [0.05, 0.1) is 26.4 Å². The Kier molecular flexibility index (Phi) is 4.59. The lowest BCUT2D eigenvalue weighted by atomic mass is 10.2. The molecule has 0 spiro atoms. The summed E-state index contributed by atoms with van der Waals surface area (Å²) in [6.07, 6.45) is 1.43. The van der Waals surface area contributed by atoms with Gasteiger partial charge < -0.3 is 9.73 Å². The summed E-state index contributed by atoms with van der Waals surface area (Å²) < 4.78 is 5.89. The van der Waals surface area contributed by atoms with Gasteiger partial charge in [-0.2, -0.15) is 0 Å². The lowest BCUT2D eigenvalue weighted by Gasteiger charge is -1.99. The predicted molar refractivity (Wildman–Crippen MR) is 89.1 cm³/mol. The van der Waals surface area contributed by atoms with Crippen LogP contribution in [-0.4, -0.2) is 15.8 Å². The summed E-state index contributed by atoms with van der Waals surface area (Å²) in [5.74, 6) is 0.0834. The Labute approximate surface area is 145 Å². The van der Waals surface area contributed by atoms with E-state index in [1.807, 2.05) is 0 Å². The first-order valence-corrected chi connectivity index (χ1v) is 7.95. The van der Waals surface area contributed by atoms with Crippen LogP contribution in [0.5, 0.6) is 0 Å². The average molecular weight is 364 g/mol. The maximum Gasteiger partial charge on any atom is 0.269 e. The standard InChI is InChI=1S/C15H10ClN3O4S/c16-13-6-5-12(24-13)14(20)17-7-10-8-23-15(18-10)9-1-3-11(4-2-9)19(21)22/h1-6,8H,7H2,(H,17,20). The van der Waals surface area contributed by atoms with E-state index in [1.54, 1.807) is 24.3 Å². The van der Waals surface area contributed by atoms with Gasteiger partial charge in [-0.05, 0) is 24.3 Å². The molecule has 2 aromatic heterocycles. The van der Waals surface area contributed by atoms with Gasteiger partial charge in [0.25, 0.3) is 11.6 Å². The topological polar surface area (TPSA) is 98.3 Å². The minimum atomic E-state index is -0.475. The first-order valence-electron chi connectivity index (χ1n) is 6.75. The van der Waals surface area contributed by atoms with Crippen LogP contribution < -0.4 is 5.32 Å². The van der Waals surface area contributed by atoms with E-state index >= 15 is 0 Å². The van der Waals surface area contributed by atoms with Crippen LogP contribution in [0.15, 0.2) is 47.1 Å². The second-order valence-electron chi connectivity index (χ2n) is 4.73. The summed E-state index contributed by atoms with van der Waals surface area (Å²) in [5, 5.41) is 13.4. The number of hydrogen-bond donors (Lipinski definition) is 1. The molecule has 0 unspecified atom stereocenters. The molecule has 0 aliphatic carbocycles. The van der Waals surface area contributed by atoms with Gasteiger partial charge in [-0.25, -0.2) is 4.98 Å². The Morgan fingerprint density at radius 1 is 1.29 bits per heavy atom. The molecule has 24 heavy (non-hydrogen) atoms. The summed E-state index contributed by atoms with van der Waals surface area (Å²) in [7, 11) is 0. The molecule has 0 atom stereocenters. The maximum atomic E-state index is 11.9. The van der Waals surface area contributed by atoms with Gasteiger partial charge in [-0.3, -0.25) is 14.9 Å². The Bertz CT molecular complexity index is 888. The molecule has 9 heteroatoms. The summed E-state index contributed by atoms with van der Waals surface area (Å²) in [6.45, 7) is 0.199. The molecule has 0 fully saturated rings. The molecular weight excluding hydrogens is 354 g/mol. The Morgan fingerprint density at radius 3 is 2.67 bits per heavy atom. The number of rotatable bonds is 5. The molecule has 3 rings (SSSR count). The quantitative estimate of drug-likeness (QED) is 0.547. The second-order valence-corrected chi connectivity index (χ2v) is 6.45. The molecule has 1 aromatic carbocycles. The van der Waals surface area contributed by atoms with E-state index in [-0.39, 0.29) is 18.1 Å². The van der Waals surface area contributed by atoms with Crippen molar-refractivity contribution in [3.63, 3.8) is 0 Å². The van der Waals surface area contributed by atoms with E-state index in [2.05, 4.69) is 10.3 Å². The van der Waals surface area contributed by atoms with Crippen LogP contribution in [0.4, 0.5) is 5.69 Å². The number of nitro groups is 1. The number of hydrogen-bond acceptors (Lipinski definition) is 6. The van der Waals surface area contributed by atoms with Gasteiger partial charge >= 0.3 is 0 Å². The van der Waals surface area contributed by atoms with E-state index in [9.17, 15) is 14.9 Å². The average Bonchev–Trinajstić information content (AvgIpc) is 3.22. The number of halogens is 1. The second kappa shape index (κ2) is 6.81. The smallest absolute Gasteiger partial charge is 0.269 e. The minimum absolute atomic E-state index is 0.00704. The molecule has 0 bridgehead atoms. The van der Waals surface area contributed by atoms with Crippen molar-refractivity contribution in [2.75, 3.05) is 0 Å². The number of amides is 1. The van der Waals surface area contributed by atoms with E-state index < -0.39 is 4.92 Å². The van der Waals surface area contributed by atoms with Crippen molar-refractivity contribution in [1.82, 2.24) is 10.3 Å². The van der Waals surface area contributed by atoms with Gasteiger partial charge in [0.1, 0.15) is 6.26 Å². The molecule has 3 aromatic rings. The number of carbonyl (C=O) groups excluding carboxylic acids is 1. The SMILES string of the molecule is O=C(NCc1coc(-c2ccc([N+](=O)[O-])cc2)n1)c1ccc(Cl)s1. The Hall–Kier alpha value is -2.71. The molecule has 0 saturated carbocycles. The third-order valence-electron chi connectivity index (χ3n) is 3.10. The summed E-state index contributed by atoms with van der Waals surface area (Å²) in [6, 6.07) is 9.17. The molecule has 122 valence electrons. The number of nitrogens with zero attached hydrogens (tertiary/aromatic N) is 2. The van der Waals surface area contributed by atoms with Crippen molar-refractivity contribution in [2.24, 2.45) is 0 Å². The van der Waals surface area contributed by atoms with Gasteiger partial charge in [-0.1, -0.05) is 11.6 Å². The monoisotopic (exact) mass is 363 g/mol. The zero-order valence-electron chi connectivity index (χ0n) is 12.1. The van der Waals surface area contributed by atoms with Crippen molar-refractivity contribution in [3.8, 4) is 11.5 Å². The fourth-order valence-corrected chi connectivity index (χ4v) is 2.90. The van der Waals surface area contributed by atoms with Crippen LogP contribution in [0.2, 0.25) is 4.34 Å². The van der Waals surface area contributed by atoms with Crippen molar-refractivity contribution >= 4 is 34.5 Å². The van der Waals surface area contributed by atoms with Gasteiger partial charge in [0, 0.05) is 17.7 Å². The van der Waals surface area contributed by atoms with Crippen LogP contribution in [-0.2, 0) is 6.54 Å². The number of nitrogens with one attached hydrogen (secondary N) is 1. The number of oxazole rings is 1. The van der Waals surface area contributed by atoms with E-state index in [4.69, 9.17) is 16.0 Å². The third-order valence-corrected chi connectivity index (χ3v) is 4.33. The van der Waals surface area contributed by atoms with E-state index in [1.165, 1.54) is 29.7 Å². The number of thiophene rings is 1. The normalized spacial score (nSPS) is 10.5. The fraction of sp³-hybridized carbons (Fsp3) is 0.0667. The third kappa shape index (κ3) is 3.61. The van der Waals surface area contributed by atoms with Crippen LogP contribution in [0.1, 0.15) is 15.4 Å². The highest BCUT2D eigenvalue weighted by molar-refractivity contribution is 7.17. The highest BCUT2D eigenvalue weighted by Crippen LogP contribution is 2.23. The van der Waals surface area contributed by atoms with Crippen molar-refractivity contribution in [3.05, 3.63) is 67.7 Å². The maximum absolute atomic E-state index is 11.9. The molecule has 7 nitrogen and oxygen atoms in total. The number of carbonyl (C=O) groups is 1. The first-order chi connectivity index (χ1) is 11.5. The van der Waals surface area contributed by atoms with E-state index in [0.29, 0.717) is 26.4 Å². The largest absolute Gasteiger partial charge is 0.444 e. The van der Waals surface area contributed by atoms with Gasteiger partial charge in [-0.15, -0.1) is 11.3 Å². The lowest BCUT2D eigenvalue weighted by molar-refractivity contribution is -0.384. The molecule has 1 amide bonds. The Balaban J connectivity index is 1.65. The minimum Gasteiger partial charge on any atom is -0.444 e. The number of nitro benzene ring substituents is 1. The molecule has 0 aliphatic rings. The molecule has 1 N–H and O–H groups in total. The lowest BCUT2D eigenvalue weighted by Crippen LogP contribution is -2.21. The number of benzene rings is 1.